The molecule has 0 radical (unpaired) electrons. The Balaban J connectivity index is 2.44. The average molecular weight is 298 g/mol. The molecule has 0 aliphatic heterocycles. The summed E-state index contributed by atoms with van der Waals surface area (Å²) in [5.74, 6) is 0.514. The standard InChI is InChI=1S/C18H18O4/c1-3-22-18(20)12-17(13-4-8-15(19)9-5-13)14-6-10-16(21-2)11-7-14/h4-12,19H,3H2,1-2H3. The molecule has 0 amide bonds. The van der Waals surface area contributed by atoms with Crippen molar-refractivity contribution in [2.24, 2.45) is 0 Å². The zero-order chi connectivity index (χ0) is 15.9. The van der Waals surface area contributed by atoms with Crippen LogP contribution in [0.5, 0.6) is 11.5 Å². The van der Waals surface area contributed by atoms with Crippen LogP contribution < -0.4 is 4.74 Å². The molecular formula is C18H18O4. The lowest BCUT2D eigenvalue weighted by atomic mass is 9.97. The summed E-state index contributed by atoms with van der Waals surface area (Å²) in [6, 6.07) is 14.1. The largest absolute Gasteiger partial charge is 0.508 e. The van der Waals surface area contributed by atoms with Crippen molar-refractivity contribution in [2.45, 2.75) is 6.92 Å². The summed E-state index contributed by atoms with van der Waals surface area (Å²) in [5, 5.41) is 9.42. The number of hydrogen-bond donors (Lipinski definition) is 1. The van der Waals surface area contributed by atoms with Crippen LogP contribution in [-0.4, -0.2) is 24.8 Å². The molecule has 0 heterocycles. The lowest BCUT2D eigenvalue weighted by Crippen LogP contribution is -2.01. The zero-order valence-electron chi connectivity index (χ0n) is 12.6. The van der Waals surface area contributed by atoms with E-state index in [1.807, 2.05) is 24.3 Å². The van der Waals surface area contributed by atoms with Gasteiger partial charge in [-0.1, -0.05) is 24.3 Å². The molecule has 0 bridgehead atoms. The summed E-state index contributed by atoms with van der Waals surface area (Å²) >= 11 is 0. The third-order valence-corrected chi connectivity index (χ3v) is 3.13. The number of methoxy groups -OCH3 is 1. The van der Waals surface area contributed by atoms with E-state index in [0.717, 1.165) is 22.4 Å². The lowest BCUT2D eigenvalue weighted by Gasteiger charge is -2.10. The second kappa shape index (κ2) is 7.31. The number of phenols is 1. The minimum Gasteiger partial charge on any atom is -0.508 e. The fourth-order valence-electron chi connectivity index (χ4n) is 2.05. The Labute approximate surface area is 129 Å². The minimum absolute atomic E-state index is 0.175. The predicted molar refractivity (Wildman–Crippen MR) is 84.8 cm³/mol. The van der Waals surface area contributed by atoms with Crippen LogP contribution in [0.15, 0.2) is 54.6 Å². The first-order valence-corrected chi connectivity index (χ1v) is 6.96. The fraction of sp³-hybridized carbons (Fsp3) is 0.167. The molecule has 4 nitrogen and oxygen atoms in total. The third kappa shape index (κ3) is 3.88. The highest BCUT2D eigenvalue weighted by atomic mass is 16.5. The first kappa shape index (κ1) is 15.6. The van der Waals surface area contributed by atoms with E-state index < -0.39 is 5.97 Å². The minimum atomic E-state index is -0.401. The van der Waals surface area contributed by atoms with Gasteiger partial charge in [-0.15, -0.1) is 0 Å². The molecule has 0 atom stereocenters. The number of rotatable bonds is 5. The van der Waals surface area contributed by atoms with Crippen LogP contribution in [0.1, 0.15) is 18.1 Å². The Morgan fingerprint density at radius 1 is 1.05 bits per heavy atom. The van der Waals surface area contributed by atoms with Crippen molar-refractivity contribution in [1.82, 2.24) is 0 Å². The number of ether oxygens (including phenoxy) is 2. The second-order valence-electron chi connectivity index (χ2n) is 4.59. The number of phenolic OH excluding ortho intramolecular Hbond substituents is 1. The number of esters is 1. The molecule has 0 unspecified atom stereocenters. The number of carbonyl (C=O) groups excluding carboxylic acids is 1. The molecule has 0 fully saturated rings. The number of aromatic hydroxyl groups is 1. The van der Waals surface area contributed by atoms with E-state index in [1.54, 1.807) is 38.3 Å². The molecule has 0 saturated heterocycles. The van der Waals surface area contributed by atoms with Crippen LogP contribution in [0.3, 0.4) is 0 Å². The molecule has 0 aliphatic carbocycles. The zero-order valence-corrected chi connectivity index (χ0v) is 12.6. The maximum Gasteiger partial charge on any atom is 0.331 e. The molecule has 1 N–H and O–H groups in total. The number of hydrogen-bond acceptors (Lipinski definition) is 4. The van der Waals surface area contributed by atoms with Crippen LogP contribution in [0, 0.1) is 0 Å². The molecule has 0 aromatic heterocycles. The molecule has 0 spiro atoms. The Morgan fingerprint density at radius 3 is 2.09 bits per heavy atom. The van der Waals surface area contributed by atoms with Gasteiger partial charge in [0.1, 0.15) is 11.5 Å². The van der Waals surface area contributed by atoms with Crippen LogP contribution in [0.4, 0.5) is 0 Å². The monoisotopic (exact) mass is 298 g/mol. The second-order valence-corrected chi connectivity index (χ2v) is 4.59. The molecule has 0 saturated carbocycles. The Hall–Kier alpha value is -2.75. The van der Waals surface area contributed by atoms with E-state index in [4.69, 9.17) is 9.47 Å². The van der Waals surface area contributed by atoms with Gasteiger partial charge in [0, 0.05) is 6.08 Å². The summed E-state index contributed by atoms with van der Waals surface area (Å²) in [7, 11) is 1.60. The fourth-order valence-corrected chi connectivity index (χ4v) is 2.05. The highest BCUT2D eigenvalue weighted by Gasteiger charge is 2.09. The van der Waals surface area contributed by atoms with E-state index in [9.17, 15) is 9.90 Å². The molecule has 2 aromatic rings. The van der Waals surface area contributed by atoms with Crippen LogP contribution in [0.25, 0.3) is 5.57 Å². The van der Waals surface area contributed by atoms with Gasteiger partial charge >= 0.3 is 5.97 Å². The van der Waals surface area contributed by atoms with Gasteiger partial charge in [-0.25, -0.2) is 4.79 Å². The van der Waals surface area contributed by atoms with Crippen molar-refractivity contribution in [3.05, 3.63) is 65.7 Å². The maximum atomic E-state index is 11.8. The quantitative estimate of drug-likeness (QED) is 0.679. The first-order valence-electron chi connectivity index (χ1n) is 6.96. The normalized spacial score (nSPS) is 11.1. The molecule has 4 heteroatoms. The topological polar surface area (TPSA) is 55.8 Å². The van der Waals surface area contributed by atoms with Crippen molar-refractivity contribution < 1.29 is 19.4 Å². The molecule has 114 valence electrons. The molecular weight excluding hydrogens is 280 g/mol. The smallest absolute Gasteiger partial charge is 0.331 e. The summed E-state index contributed by atoms with van der Waals surface area (Å²) in [6.45, 7) is 2.08. The van der Waals surface area contributed by atoms with Gasteiger partial charge in [-0.2, -0.15) is 0 Å². The number of benzene rings is 2. The van der Waals surface area contributed by atoms with Crippen LogP contribution in [-0.2, 0) is 9.53 Å². The average Bonchev–Trinajstić information content (AvgIpc) is 2.54. The van der Waals surface area contributed by atoms with Crippen molar-refractivity contribution in [2.75, 3.05) is 13.7 Å². The Bertz CT molecular complexity index is 654. The van der Waals surface area contributed by atoms with Crippen molar-refractivity contribution in [3.63, 3.8) is 0 Å². The van der Waals surface area contributed by atoms with Gasteiger partial charge in [0.05, 0.1) is 13.7 Å². The summed E-state index contributed by atoms with van der Waals surface area (Å²) in [4.78, 5) is 11.8. The van der Waals surface area contributed by atoms with E-state index in [1.165, 1.54) is 6.08 Å². The van der Waals surface area contributed by atoms with Gasteiger partial charge in [0.25, 0.3) is 0 Å². The van der Waals surface area contributed by atoms with Crippen LogP contribution >= 0.6 is 0 Å². The SMILES string of the molecule is CCOC(=O)C=C(c1ccc(O)cc1)c1ccc(OC)cc1. The summed E-state index contributed by atoms with van der Waals surface area (Å²) in [5.41, 5.74) is 2.40. The highest BCUT2D eigenvalue weighted by molar-refractivity contribution is 5.96. The van der Waals surface area contributed by atoms with E-state index >= 15 is 0 Å². The molecule has 2 rings (SSSR count). The van der Waals surface area contributed by atoms with Gasteiger partial charge in [0.2, 0.25) is 0 Å². The van der Waals surface area contributed by atoms with E-state index in [-0.39, 0.29) is 5.75 Å². The van der Waals surface area contributed by atoms with E-state index in [0.29, 0.717) is 6.61 Å². The molecule has 2 aromatic carbocycles. The van der Waals surface area contributed by atoms with Crippen molar-refractivity contribution in [1.29, 1.82) is 0 Å². The van der Waals surface area contributed by atoms with Gasteiger partial charge < -0.3 is 14.6 Å². The Kier molecular flexibility index (Phi) is 5.20. The van der Waals surface area contributed by atoms with E-state index in [2.05, 4.69) is 0 Å². The highest BCUT2D eigenvalue weighted by Crippen LogP contribution is 2.26. The predicted octanol–water partition coefficient (Wildman–Crippen LogP) is 3.40. The summed E-state index contributed by atoms with van der Waals surface area (Å²) in [6.07, 6.45) is 1.46. The van der Waals surface area contributed by atoms with Gasteiger partial charge in [0.15, 0.2) is 0 Å². The maximum absolute atomic E-state index is 11.8. The molecule has 0 aliphatic rings. The lowest BCUT2D eigenvalue weighted by molar-refractivity contribution is -0.137. The van der Waals surface area contributed by atoms with Crippen molar-refractivity contribution in [3.8, 4) is 11.5 Å². The van der Waals surface area contributed by atoms with Gasteiger partial charge in [-0.05, 0) is 47.9 Å². The Morgan fingerprint density at radius 2 is 1.59 bits per heavy atom. The van der Waals surface area contributed by atoms with Crippen LogP contribution in [0.2, 0.25) is 0 Å². The summed E-state index contributed by atoms with van der Waals surface area (Å²) < 4.78 is 10.1. The van der Waals surface area contributed by atoms with Gasteiger partial charge in [-0.3, -0.25) is 0 Å². The molecule has 22 heavy (non-hydrogen) atoms. The third-order valence-electron chi connectivity index (χ3n) is 3.13. The van der Waals surface area contributed by atoms with Crippen molar-refractivity contribution >= 4 is 11.5 Å². The first-order chi connectivity index (χ1) is 10.6. The number of carbonyl (C=O) groups is 1.